The minimum Gasteiger partial charge on any atom is -0.396 e. The third kappa shape index (κ3) is 2.51. The van der Waals surface area contributed by atoms with Gasteiger partial charge in [-0.25, -0.2) is 4.39 Å². The van der Waals surface area contributed by atoms with Gasteiger partial charge in [0, 0.05) is 18.9 Å². The van der Waals surface area contributed by atoms with E-state index in [1.807, 2.05) is 0 Å². The largest absolute Gasteiger partial charge is 0.396 e. The molecule has 1 aromatic carbocycles. The van der Waals surface area contributed by atoms with Gasteiger partial charge in [-0.05, 0) is 34.1 Å². The molecule has 94 valence electrons. The van der Waals surface area contributed by atoms with Gasteiger partial charge in [0.2, 0.25) is 0 Å². The Morgan fingerprint density at radius 2 is 2.28 bits per heavy atom. The maximum absolute atomic E-state index is 13.3. The van der Waals surface area contributed by atoms with Crippen molar-refractivity contribution in [1.29, 1.82) is 0 Å². The van der Waals surface area contributed by atoms with Gasteiger partial charge >= 0.3 is 0 Å². The normalized spacial score (nSPS) is 10.4. The van der Waals surface area contributed by atoms with E-state index in [4.69, 9.17) is 5.73 Å². The summed E-state index contributed by atoms with van der Waals surface area (Å²) < 4.78 is 15.0. The Labute approximate surface area is 111 Å². The highest BCUT2D eigenvalue weighted by molar-refractivity contribution is 9.10. The Hall–Kier alpha value is -1.89. The van der Waals surface area contributed by atoms with E-state index in [0.29, 0.717) is 10.2 Å². The second-order valence-corrected chi connectivity index (χ2v) is 4.54. The van der Waals surface area contributed by atoms with E-state index < -0.39 is 11.7 Å². The first-order chi connectivity index (χ1) is 8.47. The van der Waals surface area contributed by atoms with Crippen molar-refractivity contribution >= 4 is 33.2 Å². The molecule has 0 bridgehead atoms. The van der Waals surface area contributed by atoms with E-state index in [1.165, 1.54) is 23.0 Å². The lowest BCUT2D eigenvalue weighted by molar-refractivity contribution is 0.102. The van der Waals surface area contributed by atoms with Crippen molar-refractivity contribution in [3.63, 3.8) is 0 Å². The van der Waals surface area contributed by atoms with Crippen LogP contribution in [-0.4, -0.2) is 15.7 Å². The number of nitrogen functional groups attached to an aromatic ring is 1. The number of nitrogens with zero attached hydrogens (tertiary/aromatic N) is 2. The molecule has 0 aliphatic heterocycles. The SMILES string of the molecule is Cn1cc(N)c(C(=O)Nc2ccc(Br)c(F)c2)n1. The van der Waals surface area contributed by atoms with Crippen molar-refractivity contribution in [2.45, 2.75) is 0 Å². The van der Waals surface area contributed by atoms with Crippen LogP contribution < -0.4 is 11.1 Å². The maximum atomic E-state index is 13.3. The van der Waals surface area contributed by atoms with Crippen molar-refractivity contribution in [2.24, 2.45) is 7.05 Å². The number of hydrogen-bond acceptors (Lipinski definition) is 3. The maximum Gasteiger partial charge on any atom is 0.278 e. The number of nitrogens with two attached hydrogens (primary N) is 1. The Bertz CT molecular complexity index is 611. The van der Waals surface area contributed by atoms with Gasteiger partial charge in [-0.2, -0.15) is 5.10 Å². The molecule has 0 atom stereocenters. The van der Waals surface area contributed by atoms with Crippen LogP contribution in [0.2, 0.25) is 0 Å². The molecule has 1 amide bonds. The predicted molar refractivity (Wildman–Crippen MR) is 69.7 cm³/mol. The third-order valence-electron chi connectivity index (χ3n) is 2.25. The van der Waals surface area contributed by atoms with E-state index in [0.717, 1.165) is 0 Å². The number of rotatable bonds is 2. The van der Waals surface area contributed by atoms with Gasteiger partial charge in [-0.1, -0.05) is 0 Å². The zero-order chi connectivity index (χ0) is 13.3. The van der Waals surface area contributed by atoms with Crippen LogP contribution in [0, 0.1) is 5.82 Å². The molecule has 0 saturated heterocycles. The van der Waals surface area contributed by atoms with Crippen LogP contribution in [0.4, 0.5) is 15.8 Å². The summed E-state index contributed by atoms with van der Waals surface area (Å²) in [5.41, 5.74) is 6.35. The standard InChI is InChI=1S/C11H10BrFN4O/c1-17-5-9(14)10(16-17)11(18)15-6-2-3-7(12)8(13)4-6/h2-5H,14H2,1H3,(H,15,18). The zero-order valence-electron chi connectivity index (χ0n) is 9.45. The Balaban J connectivity index is 2.21. The molecule has 7 heteroatoms. The minimum absolute atomic E-state index is 0.112. The molecule has 0 fully saturated rings. The van der Waals surface area contributed by atoms with Crippen LogP contribution in [0.25, 0.3) is 0 Å². The molecule has 18 heavy (non-hydrogen) atoms. The molecular weight excluding hydrogens is 303 g/mol. The molecule has 0 aliphatic rings. The number of hydrogen-bond donors (Lipinski definition) is 2. The Morgan fingerprint density at radius 3 is 2.83 bits per heavy atom. The van der Waals surface area contributed by atoms with Crippen LogP contribution in [0.3, 0.4) is 0 Å². The summed E-state index contributed by atoms with van der Waals surface area (Å²) in [5, 5.41) is 6.45. The fraction of sp³-hybridized carbons (Fsp3) is 0.0909. The van der Waals surface area contributed by atoms with Crippen LogP contribution in [0.1, 0.15) is 10.5 Å². The quantitative estimate of drug-likeness (QED) is 0.892. The predicted octanol–water partition coefficient (Wildman–Crippen LogP) is 2.16. The topological polar surface area (TPSA) is 72.9 Å². The van der Waals surface area contributed by atoms with Gasteiger partial charge in [0.25, 0.3) is 5.91 Å². The first-order valence-corrected chi connectivity index (χ1v) is 5.82. The number of anilines is 2. The van der Waals surface area contributed by atoms with E-state index in [2.05, 4.69) is 26.3 Å². The Kier molecular flexibility index (Phi) is 3.33. The van der Waals surface area contributed by atoms with Gasteiger partial charge in [0.15, 0.2) is 5.69 Å². The second kappa shape index (κ2) is 4.77. The third-order valence-corrected chi connectivity index (χ3v) is 2.89. The van der Waals surface area contributed by atoms with Gasteiger partial charge in [0.1, 0.15) is 5.82 Å². The number of carbonyl (C=O) groups excluding carboxylic acids is 1. The zero-order valence-corrected chi connectivity index (χ0v) is 11.0. The Morgan fingerprint density at radius 1 is 1.56 bits per heavy atom. The highest BCUT2D eigenvalue weighted by Crippen LogP contribution is 2.20. The molecule has 2 aromatic rings. The van der Waals surface area contributed by atoms with Gasteiger partial charge in [-0.15, -0.1) is 0 Å². The first-order valence-electron chi connectivity index (χ1n) is 5.03. The highest BCUT2D eigenvalue weighted by atomic mass is 79.9. The summed E-state index contributed by atoms with van der Waals surface area (Å²) in [4.78, 5) is 11.8. The highest BCUT2D eigenvalue weighted by Gasteiger charge is 2.14. The van der Waals surface area contributed by atoms with E-state index in [1.54, 1.807) is 13.1 Å². The number of benzene rings is 1. The first kappa shape index (κ1) is 12.6. The summed E-state index contributed by atoms with van der Waals surface area (Å²) in [6.07, 6.45) is 1.52. The molecule has 5 nitrogen and oxygen atoms in total. The van der Waals surface area contributed by atoms with Crippen molar-refractivity contribution in [1.82, 2.24) is 9.78 Å². The van der Waals surface area contributed by atoms with Crippen LogP contribution >= 0.6 is 15.9 Å². The smallest absolute Gasteiger partial charge is 0.278 e. The lowest BCUT2D eigenvalue weighted by atomic mass is 10.3. The van der Waals surface area contributed by atoms with Gasteiger partial charge < -0.3 is 11.1 Å². The van der Waals surface area contributed by atoms with E-state index in [-0.39, 0.29) is 11.4 Å². The molecule has 0 unspecified atom stereocenters. The van der Waals surface area contributed by atoms with Crippen LogP contribution in [0.15, 0.2) is 28.9 Å². The molecule has 0 saturated carbocycles. The number of halogens is 2. The summed E-state index contributed by atoms with van der Waals surface area (Å²) in [6, 6.07) is 4.29. The van der Waals surface area contributed by atoms with Crippen LogP contribution in [-0.2, 0) is 7.05 Å². The lowest BCUT2D eigenvalue weighted by Crippen LogP contribution is -2.14. The van der Waals surface area contributed by atoms with Gasteiger partial charge in [-0.3, -0.25) is 9.48 Å². The molecule has 1 aromatic heterocycles. The summed E-state index contributed by atoms with van der Waals surface area (Å²) in [5.74, 6) is -0.934. The van der Waals surface area contributed by atoms with Gasteiger partial charge in [0.05, 0.1) is 10.2 Å². The molecular formula is C11H10BrFN4O. The van der Waals surface area contributed by atoms with Crippen molar-refractivity contribution < 1.29 is 9.18 Å². The average Bonchev–Trinajstić information content (AvgIpc) is 2.63. The fourth-order valence-corrected chi connectivity index (χ4v) is 1.69. The summed E-state index contributed by atoms with van der Waals surface area (Å²) in [6.45, 7) is 0. The minimum atomic E-state index is -0.477. The summed E-state index contributed by atoms with van der Waals surface area (Å²) in [7, 11) is 1.66. The van der Waals surface area contributed by atoms with E-state index in [9.17, 15) is 9.18 Å². The molecule has 2 rings (SSSR count). The van der Waals surface area contributed by atoms with Crippen molar-refractivity contribution in [2.75, 3.05) is 11.1 Å². The van der Waals surface area contributed by atoms with Crippen LogP contribution in [0.5, 0.6) is 0 Å². The molecule has 0 spiro atoms. The number of carbonyl (C=O) groups is 1. The molecule has 3 N–H and O–H groups in total. The summed E-state index contributed by atoms with van der Waals surface area (Å²) >= 11 is 3.03. The molecule has 1 heterocycles. The molecule has 0 radical (unpaired) electrons. The average molecular weight is 313 g/mol. The molecule has 0 aliphatic carbocycles. The van der Waals surface area contributed by atoms with E-state index >= 15 is 0 Å². The lowest BCUT2D eigenvalue weighted by Gasteiger charge is -2.04. The fourth-order valence-electron chi connectivity index (χ4n) is 1.45. The number of nitrogens with one attached hydrogen (secondary N) is 1. The number of aryl methyl sites for hydroxylation is 1. The van der Waals surface area contributed by atoms with Crippen molar-refractivity contribution in [3.05, 3.63) is 40.4 Å². The number of amides is 1. The number of aromatic nitrogens is 2. The second-order valence-electron chi connectivity index (χ2n) is 3.69. The van der Waals surface area contributed by atoms with Crippen molar-refractivity contribution in [3.8, 4) is 0 Å². The monoisotopic (exact) mass is 312 g/mol.